The molecule has 0 bridgehead atoms. The number of benzene rings is 1. The van der Waals surface area contributed by atoms with Crippen molar-refractivity contribution >= 4 is 5.78 Å². The van der Waals surface area contributed by atoms with Gasteiger partial charge in [0.25, 0.3) is 0 Å². The molecule has 0 radical (unpaired) electrons. The van der Waals surface area contributed by atoms with Crippen LogP contribution in [-0.2, 0) is 11.3 Å². The highest BCUT2D eigenvalue weighted by atomic mass is 19.1. The van der Waals surface area contributed by atoms with Crippen LogP contribution in [0.4, 0.5) is 8.78 Å². The van der Waals surface area contributed by atoms with Crippen molar-refractivity contribution in [1.82, 2.24) is 14.8 Å². The van der Waals surface area contributed by atoms with E-state index in [4.69, 9.17) is 4.42 Å². The van der Waals surface area contributed by atoms with E-state index >= 15 is 0 Å². The van der Waals surface area contributed by atoms with Gasteiger partial charge in [0.15, 0.2) is 0 Å². The minimum Gasteiger partial charge on any atom is -0.441 e. The molecule has 2 fully saturated rings. The van der Waals surface area contributed by atoms with Crippen LogP contribution in [0.2, 0.25) is 0 Å². The number of carbonyl (C=O) groups is 1. The molecule has 1 aromatic heterocycles. The summed E-state index contributed by atoms with van der Waals surface area (Å²) in [5.74, 6) is 1.40. The molecule has 204 valence electrons. The summed E-state index contributed by atoms with van der Waals surface area (Å²) in [6.07, 6.45) is 8.40. The van der Waals surface area contributed by atoms with Crippen molar-refractivity contribution in [3.8, 4) is 11.5 Å². The first kappa shape index (κ1) is 27.9. The molecule has 2 atom stereocenters. The topological polar surface area (TPSA) is 49.6 Å². The van der Waals surface area contributed by atoms with Crippen LogP contribution < -0.4 is 0 Å². The molecule has 0 spiro atoms. The maximum absolute atomic E-state index is 14.1. The van der Waals surface area contributed by atoms with E-state index in [9.17, 15) is 13.6 Å². The SMILES string of the molecule is CC[C@@H]1C[C@H](CC)CN(CCCCC(=O)C2CCN(Cc3nc(-c4c(F)cccc4F)oc3C)CC2)C1. The van der Waals surface area contributed by atoms with E-state index in [2.05, 4.69) is 28.6 Å². The fourth-order valence-electron chi connectivity index (χ4n) is 6.05. The van der Waals surface area contributed by atoms with Crippen LogP contribution in [0.5, 0.6) is 0 Å². The zero-order chi connectivity index (χ0) is 26.4. The van der Waals surface area contributed by atoms with E-state index < -0.39 is 11.6 Å². The summed E-state index contributed by atoms with van der Waals surface area (Å²) in [6.45, 7) is 12.1. The second kappa shape index (κ2) is 13.1. The number of likely N-dealkylation sites (tertiary alicyclic amines) is 2. The smallest absolute Gasteiger partial charge is 0.232 e. The van der Waals surface area contributed by atoms with Gasteiger partial charge in [0, 0.05) is 32.0 Å². The number of halogens is 2. The van der Waals surface area contributed by atoms with Crippen molar-refractivity contribution < 1.29 is 18.0 Å². The average molecular weight is 516 g/mol. The van der Waals surface area contributed by atoms with Crippen molar-refractivity contribution in [3.05, 3.63) is 41.3 Å². The third-order valence-electron chi connectivity index (χ3n) is 8.49. The molecule has 0 saturated carbocycles. The summed E-state index contributed by atoms with van der Waals surface area (Å²) >= 11 is 0. The molecular weight excluding hydrogens is 472 g/mol. The summed E-state index contributed by atoms with van der Waals surface area (Å²) in [7, 11) is 0. The van der Waals surface area contributed by atoms with Gasteiger partial charge in [-0.3, -0.25) is 9.69 Å². The Bertz CT molecular complexity index is 1000. The van der Waals surface area contributed by atoms with Crippen LogP contribution in [-0.4, -0.2) is 53.3 Å². The monoisotopic (exact) mass is 515 g/mol. The number of carbonyl (C=O) groups excluding carboxylic acids is 1. The Labute approximate surface area is 220 Å². The lowest BCUT2D eigenvalue weighted by Crippen LogP contribution is -2.40. The number of ketones is 1. The largest absolute Gasteiger partial charge is 0.441 e. The first-order valence-corrected chi connectivity index (χ1v) is 14.3. The normalized spacial score (nSPS) is 22.0. The molecular formula is C30H43F2N3O2. The molecule has 0 aliphatic carbocycles. The molecule has 2 aromatic rings. The highest BCUT2D eigenvalue weighted by Gasteiger charge is 2.27. The zero-order valence-electron chi connectivity index (χ0n) is 22.8. The number of rotatable bonds is 11. The zero-order valence-corrected chi connectivity index (χ0v) is 22.8. The molecule has 0 amide bonds. The van der Waals surface area contributed by atoms with Crippen molar-refractivity contribution in [2.24, 2.45) is 17.8 Å². The van der Waals surface area contributed by atoms with Crippen LogP contribution in [0.3, 0.4) is 0 Å². The lowest BCUT2D eigenvalue weighted by molar-refractivity contribution is -0.124. The summed E-state index contributed by atoms with van der Waals surface area (Å²) in [4.78, 5) is 22.1. The van der Waals surface area contributed by atoms with E-state index in [1.807, 2.05) is 0 Å². The Morgan fingerprint density at radius 1 is 1.03 bits per heavy atom. The summed E-state index contributed by atoms with van der Waals surface area (Å²) in [5.41, 5.74) is 0.465. The molecule has 0 N–H and O–H groups in total. The second-order valence-electron chi connectivity index (χ2n) is 11.1. The van der Waals surface area contributed by atoms with Gasteiger partial charge in [0.2, 0.25) is 5.89 Å². The van der Waals surface area contributed by atoms with Gasteiger partial charge in [-0.1, -0.05) is 32.8 Å². The molecule has 0 unspecified atom stereocenters. The Balaban J connectivity index is 1.19. The van der Waals surface area contributed by atoms with Crippen molar-refractivity contribution in [2.45, 2.75) is 78.7 Å². The number of aromatic nitrogens is 1. The highest BCUT2D eigenvalue weighted by molar-refractivity contribution is 5.81. The van der Waals surface area contributed by atoms with E-state index in [0.29, 0.717) is 30.2 Å². The standard InChI is InChI=1S/C30H43F2N3O2/c1-4-22-17-23(5-2)19-35(18-22)14-7-6-11-28(36)24-12-15-34(16-13-24)20-27-21(3)37-30(33-27)29-25(31)9-8-10-26(29)32/h8-10,22-24H,4-7,11-20H2,1-3H3/t22-,23+. The van der Waals surface area contributed by atoms with Gasteiger partial charge >= 0.3 is 0 Å². The molecule has 2 aliphatic heterocycles. The highest BCUT2D eigenvalue weighted by Crippen LogP contribution is 2.29. The predicted octanol–water partition coefficient (Wildman–Crippen LogP) is 6.64. The average Bonchev–Trinajstić information content (AvgIpc) is 3.25. The number of aryl methyl sites for hydroxylation is 1. The van der Waals surface area contributed by atoms with E-state index in [1.165, 1.54) is 50.6 Å². The minimum atomic E-state index is -0.682. The number of piperidine rings is 2. The molecule has 5 nitrogen and oxygen atoms in total. The van der Waals surface area contributed by atoms with Gasteiger partial charge in [-0.05, 0) is 82.6 Å². The van der Waals surface area contributed by atoms with Crippen LogP contribution in [0.1, 0.15) is 76.7 Å². The number of Topliss-reactive ketones (excluding diaryl/α,β-unsaturated/α-hetero) is 1. The predicted molar refractivity (Wildman–Crippen MR) is 142 cm³/mol. The van der Waals surface area contributed by atoms with Crippen LogP contribution in [0.25, 0.3) is 11.5 Å². The number of hydrogen-bond donors (Lipinski definition) is 0. The first-order valence-electron chi connectivity index (χ1n) is 14.3. The Hall–Kier alpha value is -2.12. The van der Waals surface area contributed by atoms with Gasteiger partial charge < -0.3 is 9.32 Å². The molecule has 1 aromatic carbocycles. The molecule has 4 rings (SSSR count). The Morgan fingerprint density at radius 3 is 2.30 bits per heavy atom. The maximum Gasteiger partial charge on any atom is 0.232 e. The summed E-state index contributed by atoms with van der Waals surface area (Å²) in [6, 6.07) is 3.74. The minimum absolute atomic E-state index is 0.0202. The second-order valence-corrected chi connectivity index (χ2v) is 11.1. The third-order valence-corrected chi connectivity index (χ3v) is 8.49. The van der Waals surface area contributed by atoms with Crippen molar-refractivity contribution in [3.63, 3.8) is 0 Å². The number of unbranched alkanes of at least 4 members (excludes halogenated alkanes) is 1. The van der Waals surface area contributed by atoms with Crippen LogP contribution in [0.15, 0.2) is 22.6 Å². The van der Waals surface area contributed by atoms with Crippen molar-refractivity contribution in [2.75, 3.05) is 32.7 Å². The first-order chi connectivity index (χ1) is 17.9. The number of oxazole rings is 1. The fraction of sp³-hybridized carbons (Fsp3) is 0.667. The Kier molecular flexibility index (Phi) is 9.88. The maximum atomic E-state index is 14.1. The lowest BCUT2D eigenvalue weighted by atomic mass is 9.86. The summed E-state index contributed by atoms with van der Waals surface area (Å²) < 4.78 is 33.9. The van der Waals surface area contributed by atoms with E-state index in [-0.39, 0.29) is 17.4 Å². The number of hydrogen-bond acceptors (Lipinski definition) is 5. The summed E-state index contributed by atoms with van der Waals surface area (Å²) in [5, 5.41) is 0. The molecule has 3 heterocycles. The molecule has 2 saturated heterocycles. The molecule has 37 heavy (non-hydrogen) atoms. The van der Waals surface area contributed by atoms with E-state index in [0.717, 1.165) is 57.2 Å². The lowest BCUT2D eigenvalue weighted by Gasteiger charge is -2.37. The van der Waals surface area contributed by atoms with Gasteiger partial charge in [0.05, 0.1) is 5.69 Å². The van der Waals surface area contributed by atoms with Gasteiger partial charge in [-0.25, -0.2) is 13.8 Å². The quantitative estimate of drug-likeness (QED) is 0.314. The van der Waals surface area contributed by atoms with Crippen LogP contribution in [0, 0.1) is 36.3 Å². The van der Waals surface area contributed by atoms with Crippen molar-refractivity contribution in [1.29, 1.82) is 0 Å². The molecule has 2 aliphatic rings. The third kappa shape index (κ3) is 7.26. The fourth-order valence-corrected chi connectivity index (χ4v) is 6.05. The van der Waals surface area contributed by atoms with Gasteiger partial charge in [-0.15, -0.1) is 0 Å². The number of nitrogens with zero attached hydrogens (tertiary/aromatic N) is 3. The van der Waals surface area contributed by atoms with Crippen LogP contribution >= 0.6 is 0 Å². The van der Waals surface area contributed by atoms with Gasteiger partial charge in [-0.2, -0.15) is 0 Å². The van der Waals surface area contributed by atoms with E-state index in [1.54, 1.807) is 6.92 Å². The van der Waals surface area contributed by atoms with Gasteiger partial charge in [0.1, 0.15) is 28.7 Å². The Morgan fingerprint density at radius 2 is 1.68 bits per heavy atom. The molecule has 7 heteroatoms.